The Morgan fingerprint density at radius 2 is 2.26 bits per heavy atom. The van der Waals surface area contributed by atoms with Crippen molar-refractivity contribution in [2.45, 2.75) is 42.0 Å². The third-order valence-electron chi connectivity index (χ3n) is 2.81. The number of aromatic nitrogens is 1. The van der Waals surface area contributed by atoms with E-state index in [1.807, 2.05) is 18.4 Å². The maximum Gasteiger partial charge on any atom is 0.154 e. The summed E-state index contributed by atoms with van der Waals surface area (Å²) in [6.45, 7) is 4.10. The Balaban J connectivity index is 2.10. The van der Waals surface area contributed by atoms with Gasteiger partial charge in [0.2, 0.25) is 0 Å². The van der Waals surface area contributed by atoms with E-state index in [4.69, 9.17) is 17.3 Å². The first-order valence-electron chi connectivity index (χ1n) is 6.22. The SMILES string of the molecule is CCC(N)Cc1ccc(Sc2nc(C)cs2)c(Cl)c1. The summed E-state index contributed by atoms with van der Waals surface area (Å²) in [5.41, 5.74) is 8.21. The first kappa shape index (κ1) is 14.9. The number of rotatable bonds is 5. The Kier molecular flexibility index (Phi) is 5.28. The third kappa shape index (κ3) is 4.21. The van der Waals surface area contributed by atoms with Crippen molar-refractivity contribution in [1.82, 2.24) is 4.98 Å². The quantitative estimate of drug-likeness (QED) is 0.881. The fraction of sp³-hybridized carbons (Fsp3) is 0.357. The van der Waals surface area contributed by atoms with Crippen LogP contribution < -0.4 is 5.73 Å². The number of aryl methyl sites for hydroxylation is 1. The highest BCUT2D eigenvalue weighted by Crippen LogP contribution is 2.35. The minimum atomic E-state index is 0.205. The van der Waals surface area contributed by atoms with Crippen LogP contribution in [0.3, 0.4) is 0 Å². The number of nitrogens with zero attached hydrogens (tertiary/aromatic N) is 1. The van der Waals surface area contributed by atoms with Gasteiger partial charge in [0.25, 0.3) is 0 Å². The van der Waals surface area contributed by atoms with E-state index >= 15 is 0 Å². The van der Waals surface area contributed by atoms with Gasteiger partial charge in [-0.2, -0.15) is 0 Å². The van der Waals surface area contributed by atoms with Gasteiger partial charge in [-0.3, -0.25) is 0 Å². The van der Waals surface area contributed by atoms with Gasteiger partial charge in [-0.05, 0) is 37.5 Å². The zero-order valence-electron chi connectivity index (χ0n) is 11.0. The van der Waals surface area contributed by atoms with Crippen LogP contribution in [0.2, 0.25) is 5.02 Å². The summed E-state index contributed by atoms with van der Waals surface area (Å²) >= 11 is 9.59. The van der Waals surface area contributed by atoms with E-state index in [1.54, 1.807) is 23.1 Å². The average molecular weight is 313 g/mol. The molecular formula is C14H17ClN2S2. The van der Waals surface area contributed by atoms with Crippen molar-refractivity contribution in [1.29, 1.82) is 0 Å². The highest BCUT2D eigenvalue weighted by atomic mass is 35.5. The van der Waals surface area contributed by atoms with Crippen LogP contribution in [0.25, 0.3) is 0 Å². The van der Waals surface area contributed by atoms with E-state index in [2.05, 4.69) is 24.0 Å². The molecule has 2 N–H and O–H groups in total. The number of benzene rings is 1. The van der Waals surface area contributed by atoms with Gasteiger partial charge < -0.3 is 5.73 Å². The number of hydrogen-bond acceptors (Lipinski definition) is 4. The lowest BCUT2D eigenvalue weighted by Crippen LogP contribution is -2.21. The van der Waals surface area contributed by atoms with Crippen LogP contribution >= 0.6 is 34.7 Å². The van der Waals surface area contributed by atoms with Crippen molar-refractivity contribution in [2.24, 2.45) is 5.73 Å². The maximum atomic E-state index is 6.33. The smallest absolute Gasteiger partial charge is 0.154 e. The Hall–Kier alpha value is -0.550. The van der Waals surface area contributed by atoms with E-state index in [9.17, 15) is 0 Å². The van der Waals surface area contributed by atoms with Gasteiger partial charge >= 0.3 is 0 Å². The number of halogens is 1. The van der Waals surface area contributed by atoms with Crippen LogP contribution in [0.15, 0.2) is 32.8 Å². The van der Waals surface area contributed by atoms with Gasteiger partial charge in [0, 0.05) is 22.0 Å². The van der Waals surface area contributed by atoms with Crippen LogP contribution in [0, 0.1) is 6.92 Å². The van der Waals surface area contributed by atoms with Crippen molar-refractivity contribution in [3.8, 4) is 0 Å². The zero-order valence-corrected chi connectivity index (χ0v) is 13.4. The Morgan fingerprint density at radius 1 is 1.47 bits per heavy atom. The summed E-state index contributed by atoms with van der Waals surface area (Å²) in [7, 11) is 0. The van der Waals surface area contributed by atoms with Crippen LogP contribution in [0.1, 0.15) is 24.6 Å². The summed E-state index contributed by atoms with van der Waals surface area (Å²) in [5.74, 6) is 0. The fourth-order valence-corrected chi connectivity index (χ4v) is 3.79. The molecule has 0 saturated carbocycles. The largest absolute Gasteiger partial charge is 0.327 e. The summed E-state index contributed by atoms with van der Waals surface area (Å²) in [6, 6.07) is 6.38. The van der Waals surface area contributed by atoms with Gasteiger partial charge in [0.1, 0.15) is 0 Å². The monoisotopic (exact) mass is 312 g/mol. The van der Waals surface area contributed by atoms with E-state index < -0.39 is 0 Å². The molecule has 2 aromatic rings. The van der Waals surface area contributed by atoms with Crippen molar-refractivity contribution < 1.29 is 0 Å². The zero-order chi connectivity index (χ0) is 13.8. The van der Waals surface area contributed by atoms with Gasteiger partial charge in [-0.25, -0.2) is 4.98 Å². The van der Waals surface area contributed by atoms with E-state index in [1.165, 1.54) is 5.56 Å². The second-order valence-electron chi connectivity index (χ2n) is 4.49. The van der Waals surface area contributed by atoms with Gasteiger partial charge in [0.15, 0.2) is 4.34 Å². The van der Waals surface area contributed by atoms with Gasteiger partial charge in [-0.15, -0.1) is 11.3 Å². The summed E-state index contributed by atoms with van der Waals surface area (Å²) in [4.78, 5) is 5.48. The van der Waals surface area contributed by atoms with Crippen LogP contribution in [0.4, 0.5) is 0 Å². The molecule has 19 heavy (non-hydrogen) atoms. The Bertz CT molecular complexity index is 554. The first-order valence-corrected chi connectivity index (χ1v) is 8.30. The van der Waals surface area contributed by atoms with E-state index in [0.717, 1.165) is 32.8 Å². The molecule has 1 unspecified atom stereocenters. The Morgan fingerprint density at radius 3 is 2.84 bits per heavy atom. The molecule has 2 nitrogen and oxygen atoms in total. The maximum absolute atomic E-state index is 6.33. The van der Waals surface area contributed by atoms with Crippen LogP contribution in [0.5, 0.6) is 0 Å². The van der Waals surface area contributed by atoms with Crippen LogP contribution in [-0.4, -0.2) is 11.0 Å². The predicted octanol–water partition coefficient (Wildman–Crippen LogP) is 4.54. The Labute approximate surface area is 127 Å². The lowest BCUT2D eigenvalue weighted by Gasteiger charge is -2.10. The van der Waals surface area contributed by atoms with Crippen molar-refractivity contribution in [3.63, 3.8) is 0 Å². The van der Waals surface area contributed by atoms with Crippen LogP contribution in [-0.2, 0) is 6.42 Å². The molecular weight excluding hydrogens is 296 g/mol. The summed E-state index contributed by atoms with van der Waals surface area (Å²) < 4.78 is 1.03. The first-order chi connectivity index (χ1) is 9.08. The topological polar surface area (TPSA) is 38.9 Å². The minimum absolute atomic E-state index is 0.205. The second-order valence-corrected chi connectivity index (χ2v) is 7.05. The molecule has 2 rings (SSSR count). The lowest BCUT2D eigenvalue weighted by atomic mass is 10.1. The van der Waals surface area contributed by atoms with Crippen molar-refractivity contribution in [3.05, 3.63) is 39.9 Å². The molecule has 0 aliphatic carbocycles. The predicted molar refractivity (Wildman–Crippen MR) is 84.4 cm³/mol. The number of thiazole rings is 1. The number of hydrogen-bond donors (Lipinski definition) is 1. The molecule has 1 heterocycles. The number of nitrogens with two attached hydrogens (primary N) is 1. The molecule has 1 aromatic heterocycles. The summed E-state index contributed by atoms with van der Waals surface area (Å²) in [6.07, 6.45) is 1.85. The van der Waals surface area contributed by atoms with E-state index in [0.29, 0.717) is 0 Å². The molecule has 0 spiro atoms. The fourth-order valence-electron chi connectivity index (χ4n) is 1.67. The van der Waals surface area contributed by atoms with Gasteiger partial charge in [0.05, 0.1) is 5.02 Å². The minimum Gasteiger partial charge on any atom is -0.327 e. The molecule has 0 aliphatic heterocycles. The highest BCUT2D eigenvalue weighted by molar-refractivity contribution is 8.01. The lowest BCUT2D eigenvalue weighted by molar-refractivity contribution is 0.646. The van der Waals surface area contributed by atoms with Gasteiger partial charge in [-0.1, -0.05) is 36.4 Å². The normalized spacial score (nSPS) is 12.6. The molecule has 0 bridgehead atoms. The molecule has 1 atom stereocenters. The molecule has 0 radical (unpaired) electrons. The van der Waals surface area contributed by atoms with E-state index in [-0.39, 0.29) is 6.04 Å². The molecule has 0 aliphatic rings. The van der Waals surface area contributed by atoms with Crippen molar-refractivity contribution in [2.75, 3.05) is 0 Å². The molecule has 0 fully saturated rings. The molecule has 0 amide bonds. The molecule has 1 aromatic carbocycles. The third-order valence-corrected chi connectivity index (χ3v) is 5.37. The van der Waals surface area contributed by atoms with Crippen molar-refractivity contribution >= 4 is 34.7 Å². The molecule has 0 saturated heterocycles. The molecule has 102 valence electrons. The highest BCUT2D eigenvalue weighted by Gasteiger charge is 2.08. The average Bonchev–Trinajstić information content (AvgIpc) is 2.78. The molecule has 5 heteroatoms. The standard InChI is InChI=1S/C14H17ClN2S2/c1-3-11(16)6-10-4-5-13(12(15)7-10)19-14-17-9(2)8-18-14/h4-5,7-8,11H,3,6,16H2,1-2H3. The second kappa shape index (κ2) is 6.75. The summed E-state index contributed by atoms with van der Waals surface area (Å²) in [5, 5.41) is 2.82.